The second kappa shape index (κ2) is 4.35. The van der Waals surface area contributed by atoms with E-state index in [1.165, 1.54) is 0 Å². The first-order valence-corrected chi connectivity index (χ1v) is 7.81. The van der Waals surface area contributed by atoms with Crippen LogP contribution < -0.4 is 0 Å². The molecule has 8 heteroatoms. The third-order valence-electron chi connectivity index (χ3n) is 1.87. The molecule has 0 N–H and O–H groups in total. The number of carbonyl (C=O) groups excluding carboxylic acids is 4. The first-order chi connectivity index (χ1) is 7.03. The van der Waals surface area contributed by atoms with Crippen LogP contribution in [0.2, 0.25) is 0 Å². The Hall–Kier alpha value is -1.21. The maximum atomic E-state index is 12.3. The fourth-order valence-corrected chi connectivity index (χ4v) is 4.45. The molecule has 0 bridgehead atoms. The van der Waals surface area contributed by atoms with Crippen molar-refractivity contribution in [3.8, 4) is 0 Å². The van der Waals surface area contributed by atoms with Crippen LogP contribution in [0.5, 0.6) is 0 Å². The number of carbonyl (C=O) groups is 4. The van der Waals surface area contributed by atoms with E-state index >= 15 is 0 Å². The van der Waals surface area contributed by atoms with Crippen LogP contribution >= 0.6 is 0 Å². The zero-order chi connectivity index (χ0) is 13.2. The van der Waals surface area contributed by atoms with Crippen LogP contribution in [0, 0.1) is 0 Å². The topological polar surface area (TPSA) is 104 Å². The first kappa shape index (κ1) is 14.8. The SMILES string of the molecule is CC(=O)[O][Ti](=[O])([O]C(C)=O)([C](C)=O)[C](C)=O. The van der Waals surface area contributed by atoms with Gasteiger partial charge in [-0.15, -0.1) is 0 Å². The van der Waals surface area contributed by atoms with E-state index in [2.05, 4.69) is 6.64 Å². The number of hydrogen-bond acceptors (Lipinski definition) is 7. The summed E-state index contributed by atoms with van der Waals surface area (Å²) in [6.07, 6.45) is 0. The van der Waals surface area contributed by atoms with Gasteiger partial charge in [-0.3, -0.25) is 0 Å². The summed E-state index contributed by atoms with van der Waals surface area (Å²) in [4.78, 5) is 44.2. The number of rotatable bonds is 4. The van der Waals surface area contributed by atoms with Gasteiger partial charge < -0.3 is 0 Å². The molecule has 90 valence electrons. The predicted molar refractivity (Wildman–Crippen MR) is 45.6 cm³/mol. The van der Waals surface area contributed by atoms with Gasteiger partial charge in [-0.05, 0) is 0 Å². The van der Waals surface area contributed by atoms with Crippen molar-refractivity contribution in [2.75, 3.05) is 0 Å². The van der Waals surface area contributed by atoms with Crippen molar-refractivity contribution in [1.82, 2.24) is 0 Å². The first-order valence-electron chi connectivity index (χ1n) is 4.34. The molecule has 0 saturated heterocycles. The Labute approximate surface area is 93.2 Å². The Morgan fingerprint density at radius 3 is 1.12 bits per heavy atom. The average Bonchev–Trinajstić information content (AvgIpc) is 1.99. The van der Waals surface area contributed by atoms with E-state index in [-0.39, 0.29) is 0 Å². The minimum absolute atomic E-state index is 0.775. The summed E-state index contributed by atoms with van der Waals surface area (Å²) < 4.78 is 18.5. The number of hydrogen-bond donors (Lipinski definition) is 0. The molecule has 7 nitrogen and oxygen atoms in total. The monoisotopic (exact) mass is 268 g/mol. The molecule has 0 unspecified atom stereocenters. The Bertz CT molecular complexity index is 394. The Balaban J connectivity index is 5.89. The quantitative estimate of drug-likeness (QED) is 0.664. The van der Waals surface area contributed by atoms with E-state index in [9.17, 15) is 22.5 Å². The van der Waals surface area contributed by atoms with Gasteiger partial charge in [-0.1, -0.05) is 0 Å². The van der Waals surface area contributed by atoms with Crippen molar-refractivity contribution in [3.05, 3.63) is 0 Å². The van der Waals surface area contributed by atoms with Gasteiger partial charge in [0.2, 0.25) is 0 Å². The van der Waals surface area contributed by atoms with Gasteiger partial charge in [0.1, 0.15) is 0 Å². The van der Waals surface area contributed by atoms with Gasteiger partial charge in [0.15, 0.2) is 0 Å². The summed E-state index contributed by atoms with van der Waals surface area (Å²) in [7, 11) is 0. The van der Waals surface area contributed by atoms with Crippen molar-refractivity contribution in [2.45, 2.75) is 27.7 Å². The summed E-state index contributed by atoms with van der Waals surface area (Å²) in [5, 5.41) is 0. The van der Waals surface area contributed by atoms with Crippen LogP contribution in [-0.2, 0) is 45.2 Å². The van der Waals surface area contributed by atoms with Crippen molar-refractivity contribution >= 4 is 20.1 Å². The van der Waals surface area contributed by atoms with E-state index < -0.39 is 36.2 Å². The molecule has 0 aliphatic rings. The van der Waals surface area contributed by atoms with Crippen molar-refractivity contribution in [1.29, 1.82) is 0 Å². The van der Waals surface area contributed by atoms with Gasteiger partial charge in [0, 0.05) is 0 Å². The molecule has 0 aromatic heterocycles. The third-order valence-corrected chi connectivity index (χ3v) is 7.72. The molecule has 0 aromatic carbocycles. The van der Waals surface area contributed by atoms with E-state index in [0.29, 0.717) is 0 Å². The molecule has 0 aliphatic carbocycles. The standard InChI is InChI=1S/2C2H4O2.2C2H3O.O.Ti/c2*1-2(3)4;2*1-2-3;;/h2*1H3,(H,3,4);2*1H3;;/q;;;;;+2/p-2. The normalized spacial score (nSPS) is 11.6. The van der Waals surface area contributed by atoms with Crippen molar-refractivity contribution in [2.24, 2.45) is 0 Å². The molecule has 0 amide bonds. The van der Waals surface area contributed by atoms with E-state index in [1.807, 2.05) is 0 Å². The van der Waals surface area contributed by atoms with E-state index in [1.54, 1.807) is 0 Å². The van der Waals surface area contributed by atoms with E-state index in [4.69, 9.17) is 0 Å². The summed E-state index contributed by atoms with van der Waals surface area (Å²) >= 11 is -6.56. The molecule has 0 fully saturated rings. The fourth-order valence-electron chi connectivity index (χ4n) is 1.08. The summed E-state index contributed by atoms with van der Waals surface area (Å²) in [5.74, 6) is -2.25. The van der Waals surface area contributed by atoms with Gasteiger partial charge >= 0.3 is 93.0 Å². The summed E-state index contributed by atoms with van der Waals surface area (Å²) in [6, 6.07) is 0. The minimum atomic E-state index is -6.56. The van der Waals surface area contributed by atoms with E-state index in [0.717, 1.165) is 27.7 Å². The molecule has 0 radical (unpaired) electrons. The molecule has 0 aliphatic heterocycles. The molecule has 0 heterocycles. The van der Waals surface area contributed by atoms with Crippen LogP contribution in [-0.4, -0.2) is 20.1 Å². The van der Waals surface area contributed by atoms with Crippen LogP contribution in [0.15, 0.2) is 0 Å². The Morgan fingerprint density at radius 1 is 0.750 bits per heavy atom. The summed E-state index contributed by atoms with van der Waals surface area (Å²) in [6.45, 7) is 3.26. The predicted octanol–water partition coefficient (Wildman–Crippen LogP) is 0.0707. The van der Waals surface area contributed by atoms with Crippen LogP contribution in [0.3, 0.4) is 0 Å². The van der Waals surface area contributed by atoms with Gasteiger partial charge in [-0.2, -0.15) is 0 Å². The molecular weight excluding hydrogens is 256 g/mol. The molecule has 16 heavy (non-hydrogen) atoms. The van der Waals surface area contributed by atoms with Crippen molar-refractivity contribution < 1.29 is 45.2 Å². The average molecular weight is 268 g/mol. The summed E-state index contributed by atoms with van der Waals surface area (Å²) in [5.41, 5.74) is 0. The van der Waals surface area contributed by atoms with Crippen LogP contribution in [0.1, 0.15) is 27.7 Å². The Morgan fingerprint density at radius 2 is 1.00 bits per heavy atom. The van der Waals surface area contributed by atoms with Gasteiger partial charge in [0.05, 0.1) is 0 Å². The third kappa shape index (κ3) is 2.48. The molecule has 0 atom stereocenters. The van der Waals surface area contributed by atoms with Gasteiger partial charge in [0.25, 0.3) is 0 Å². The second-order valence-electron chi connectivity index (χ2n) is 3.29. The molecule has 0 rings (SSSR count). The molecule has 0 spiro atoms. The zero-order valence-corrected chi connectivity index (χ0v) is 10.9. The Kier molecular flexibility index (Phi) is 4.02. The zero-order valence-electron chi connectivity index (χ0n) is 9.36. The second-order valence-corrected chi connectivity index (χ2v) is 9.21. The van der Waals surface area contributed by atoms with Crippen LogP contribution in [0.25, 0.3) is 0 Å². The van der Waals surface area contributed by atoms with Gasteiger partial charge in [-0.25, -0.2) is 0 Å². The fraction of sp³-hybridized carbons (Fsp3) is 0.500. The molecule has 0 aromatic rings. The molecule has 0 saturated carbocycles. The van der Waals surface area contributed by atoms with Crippen molar-refractivity contribution in [3.63, 3.8) is 0 Å². The van der Waals surface area contributed by atoms with Crippen LogP contribution in [0.4, 0.5) is 0 Å². The molecular formula is C8H12O7Ti. The maximum absolute atomic E-state index is 12.3.